The maximum atomic E-state index is 12.2. The molecule has 3 rings (SSSR count). The van der Waals surface area contributed by atoms with E-state index in [4.69, 9.17) is 0 Å². The van der Waals surface area contributed by atoms with E-state index in [9.17, 15) is 9.59 Å². The fourth-order valence-corrected chi connectivity index (χ4v) is 3.42. The fourth-order valence-electron chi connectivity index (χ4n) is 3.42. The second kappa shape index (κ2) is 9.33. The smallest absolute Gasteiger partial charge is 0.309 e. The van der Waals surface area contributed by atoms with Crippen LogP contribution in [0.5, 0.6) is 0 Å². The van der Waals surface area contributed by atoms with Gasteiger partial charge in [-0.05, 0) is 30.9 Å². The number of carbonyl (C=O) groups is 2. The van der Waals surface area contributed by atoms with Crippen molar-refractivity contribution in [2.45, 2.75) is 38.4 Å². The van der Waals surface area contributed by atoms with E-state index in [1.54, 1.807) is 0 Å². The van der Waals surface area contributed by atoms with Gasteiger partial charge in [-0.15, -0.1) is 0 Å². The lowest BCUT2D eigenvalue weighted by Crippen LogP contribution is -2.49. The van der Waals surface area contributed by atoms with Crippen molar-refractivity contribution in [1.29, 1.82) is 0 Å². The number of hydrogen-bond acceptors (Lipinski definition) is 3. The van der Waals surface area contributed by atoms with Gasteiger partial charge in [-0.1, -0.05) is 60.7 Å². The predicted octanol–water partition coefficient (Wildman–Crippen LogP) is 2.64. The van der Waals surface area contributed by atoms with E-state index in [0.717, 1.165) is 38.0 Å². The van der Waals surface area contributed by atoms with Gasteiger partial charge in [0, 0.05) is 25.7 Å². The van der Waals surface area contributed by atoms with Crippen LogP contribution in [0.3, 0.4) is 0 Å². The molecule has 0 aromatic heterocycles. The lowest BCUT2D eigenvalue weighted by atomic mass is 10.0. The van der Waals surface area contributed by atoms with Crippen LogP contribution in [0.1, 0.15) is 36.9 Å². The highest BCUT2D eigenvalue weighted by Gasteiger charge is 2.24. The van der Waals surface area contributed by atoms with Crippen molar-refractivity contribution in [3.05, 3.63) is 71.8 Å². The minimum absolute atomic E-state index is 0.0577. The first-order valence-corrected chi connectivity index (χ1v) is 9.54. The van der Waals surface area contributed by atoms with Gasteiger partial charge in [0.05, 0.1) is 6.04 Å². The van der Waals surface area contributed by atoms with Gasteiger partial charge in [-0.25, -0.2) is 0 Å². The number of benzene rings is 2. The van der Waals surface area contributed by atoms with E-state index < -0.39 is 11.8 Å². The summed E-state index contributed by atoms with van der Waals surface area (Å²) in [6.45, 7) is 4.64. The minimum atomic E-state index is -0.571. The molecule has 0 saturated carbocycles. The molecule has 1 aliphatic rings. The third-order valence-corrected chi connectivity index (χ3v) is 5.03. The monoisotopic (exact) mass is 365 g/mol. The van der Waals surface area contributed by atoms with E-state index in [2.05, 4.69) is 39.8 Å². The molecule has 1 saturated heterocycles. The highest BCUT2D eigenvalue weighted by atomic mass is 16.2. The Morgan fingerprint density at radius 1 is 0.963 bits per heavy atom. The van der Waals surface area contributed by atoms with E-state index in [-0.39, 0.29) is 12.1 Å². The first kappa shape index (κ1) is 19.1. The normalized spacial score (nSPS) is 16.5. The molecule has 0 bridgehead atoms. The molecule has 2 N–H and O–H groups in total. The standard InChI is InChI=1S/C22H27N3O2/c1-17(19-10-6-3-7-11-19)23-21(26)22(27)24-20-12-14-25(15-13-20)16-18-8-4-2-5-9-18/h2-11,17,20H,12-16H2,1H3,(H,23,26)(H,24,27). The summed E-state index contributed by atoms with van der Waals surface area (Å²) in [4.78, 5) is 26.8. The average molecular weight is 365 g/mol. The van der Waals surface area contributed by atoms with Crippen molar-refractivity contribution in [1.82, 2.24) is 15.5 Å². The topological polar surface area (TPSA) is 61.4 Å². The van der Waals surface area contributed by atoms with Crippen LogP contribution in [-0.4, -0.2) is 35.8 Å². The Morgan fingerprint density at radius 3 is 2.19 bits per heavy atom. The lowest BCUT2D eigenvalue weighted by Gasteiger charge is -2.32. The van der Waals surface area contributed by atoms with Crippen LogP contribution in [0, 0.1) is 0 Å². The van der Waals surface area contributed by atoms with Crippen molar-refractivity contribution >= 4 is 11.8 Å². The summed E-state index contributed by atoms with van der Waals surface area (Å²) in [5, 5.41) is 5.65. The highest BCUT2D eigenvalue weighted by molar-refractivity contribution is 6.35. The van der Waals surface area contributed by atoms with Crippen molar-refractivity contribution in [3.8, 4) is 0 Å². The molecule has 5 heteroatoms. The summed E-state index contributed by atoms with van der Waals surface area (Å²) in [6, 6.07) is 19.9. The Morgan fingerprint density at radius 2 is 1.56 bits per heavy atom. The van der Waals surface area contributed by atoms with Gasteiger partial charge in [0.2, 0.25) is 0 Å². The molecule has 1 unspecified atom stereocenters. The lowest BCUT2D eigenvalue weighted by molar-refractivity contribution is -0.140. The van der Waals surface area contributed by atoms with E-state index in [0.29, 0.717) is 0 Å². The fraction of sp³-hybridized carbons (Fsp3) is 0.364. The Hall–Kier alpha value is -2.66. The Kier molecular flexibility index (Phi) is 6.60. The predicted molar refractivity (Wildman–Crippen MR) is 106 cm³/mol. The van der Waals surface area contributed by atoms with Crippen LogP contribution in [0.15, 0.2) is 60.7 Å². The summed E-state index contributed by atoms with van der Waals surface area (Å²) in [5.41, 5.74) is 2.28. The van der Waals surface area contributed by atoms with Gasteiger partial charge in [-0.2, -0.15) is 0 Å². The molecule has 27 heavy (non-hydrogen) atoms. The maximum absolute atomic E-state index is 12.2. The second-order valence-electron chi connectivity index (χ2n) is 7.12. The van der Waals surface area contributed by atoms with E-state index >= 15 is 0 Å². The van der Waals surface area contributed by atoms with Gasteiger partial charge >= 0.3 is 11.8 Å². The number of rotatable bonds is 5. The number of hydrogen-bond donors (Lipinski definition) is 2. The molecule has 0 radical (unpaired) electrons. The minimum Gasteiger partial charge on any atom is -0.345 e. The van der Waals surface area contributed by atoms with E-state index in [1.807, 2.05) is 43.3 Å². The average Bonchev–Trinajstić information content (AvgIpc) is 2.71. The molecule has 1 heterocycles. The van der Waals surface area contributed by atoms with Crippen molar-refractivity contribution in [2.24, 2.45) is 0 Å². The zero-order valence-electron chi connectivity index (χ0n) is 15.7. The molecule has 1 atom stereocenters. The number of nitrogens with zero attached hydrogens (tertiary/aromatic N) is 1. The van der Waals surface area contributed by atoms with Crippen molar-refractivity contribution in [3.63, 3.8) is 0 Å². The third-order valence-electron chi connectivity index (χ3n) is 5.03. The van der Waals surface area contributed by atoms with E-state index in [1.165, 1.54) is 5.56 Å². The van der Waals surface area contributed by atoms with Crippen LogP contribution in [0.2, 0.25) is 0 Å². The summed E-state index contributed by atoms with van der Waals surface area (Å²) in [7, 11) is 0. The molecule has 1 fully saturated rings. The molecule has 2 aromatic carbocycles. The molecule has 0 spiro atoms. The Bertz CT molecular complexity index is 741. The third kappa shape index (κ3) is 5.66. The van der Waals surface area contributed by atoms with Crippen LogP contribution >= 0.6 is 0 Å². The van der Waals surface area contributed by atoms with Gasteiger partial charge in [0.25, 0.3) is 0 Å². The molecule has 142 valence electrons. The Balaban J connectivity index is 1.41. The molecule has 0 aliphatic carbocycles. The second-order valence-corrected chi connectivity index (χ2v) is 7.12. The largest absolute Gasteiger partial charge is 0.345 e. The van der Waals surface area contributed by atoms with Crippen molar-refractivity contribution in [2.75, 3.05) is 13.1 Å². The van der Waals surface area contributed by atoms with Crippen LogP contribution in [0.4, 0.5) is 0 Å². The van der Waals surface area contributed by atoms with Gasteiger partial charge < -0.3 is 10.6 Å². The van der Waals surface area contributed by atoms with Crippen LogP contribution in [0.25, 0.3) is 0 Å². The van der Waals surface area contributed by atoms with Gasteiger partial charge in [0.15, 0.2) is 0 Å². The summed E-state index contributed by atoms with van der Waals surface area (Å²) in [5.74, 6) is -1.11. The van der Waals surface area contributed by atoms with Crippen LogP contribution in [-0.2, 0) is 16.1 Å². The number of carbonyl (C=O) groups excluding carboxylic acids is 2. The van der Waals surface area contributed by atoms with Crippen molar-refractivity contribution < 1.29 is 9.59 Å². The summed E-state index contributed by atoms with van der Waals surface area (Å²) < 4.78 is 0. The van der Waals surface area contributed by atoms with Gasteiger partial charge in [-0.3, -0.25) is 14.5 Å². The first-order chi connectivity index (χ1) is 13.1. The molecule has 2 aromatic rings. The molecular weight excluding hydrogens is 338 g/mol. The summed E-state index contributed by atoms with van der Waals surface area (Å²) in [6.07, 6.45) is 1.72. The summed E-state index contributed by atoms with van der Waals surface area (Å²) >= 11 is 0. The number of amides is 2. The van der Waals surface area contributed by atoms with Gasteiger partial charge in [0.1, 0.15) is 0 Å². The zero-order chi connectivity index (χ0) is 19.1. The van der Waals surface area contributed by atoms with Crippen LogP contribution < -0.4 is 10.6 Å². The first-order valence-electron chi connectivity index (χ1n) is 9.54. The Labute approximate surface area is 160 Å². The molecule has 2 amide bonds. The quantitative estimate of drug-likeness (QED) is 0.801. The molecule has 1 aliphatic heterocycles. The number of piperidine rings is 1. The molecular formula is C22H27N3O2. The zero-order valence-corrected chi connectivity index (χ0v) is 15.7. The maximum Gasteiger partial charge on any atom is 0.309 e. The molecule has 5 nitrogen and oxygen atoms in total. The number of nitrogens with one attached hydrogen (secondary N) is 2. The SMILES string of the molecule is CC(NC(=O)C(=O)NC1CCN(Cc2ccccc2)CC1)c1ccccc1. The number of likely N-dealkylation sites (tertiary alicyclic amines) is 1. The highest BCUT2D eigenvalue weighted by Crippen LogP contribution is 2.14.